The van der Waals surface area contributed by atoms with Crippen LogP contribution in [0.1, 0.15) is 11.7 Å². The van der Waals surface area contributed by atoms with Crippen LogP contribution in [0.25, 0.3) is 0 Å². The highest BCUT2D eigenvalue weighted by atomic mass is 19.4. The van der Waals surface area contributed by atoms with Crippen LogP contribution in [0.5, 0.6) is 0 Å². The number of ether oxygens (including phenoxy) is 1. The predicted molar refractivity (Wildman–Crippen MR) is 47.3 cm³/mol. The first kappa shape index (κ1) is 13.4. The minimum atomic E-state index is -5.19. The molecule has 1 unspecified atom stereocenters. The first-order chi connectivity index (χ1) is 7.84. The van der Waals surface area contributed by atoms with E-state index in [0.717, 1.165) is 24.3 Å². The summed E-state index contributed by atoms with van der Waals surface area (Å²) < 4.78 is 64.5. The van der Waals surface area contributed by atoms with Gasteiger partial charge < -0.3 is 4.74 Å². The van der Waals surface area contributed by atoms with Gasteiger partial charge in [0.2, 0.25) is 0 Å². The highest BCUT2D eigenvalue weighted by molar-refractivity contribution is 5.75. The van der Waals surface area contributed by atoms with Gasteiger partial charge in [-0.15, -0.1) is 0 Å². The minimum absolute atomic E-state index is 0.0495. The van der Waals surface area contributed by atoms with Gasteiger partial charge in [0.1, 0.15) is 12.5 Å². The monoisotopic (exact) mass is 254 g/mol. The Bertz CT molecular complexity index is 385. The molecule has 0 heterocycles. The lowest BCUT2D eigenvalue weighted by Gasteiger charge is -2.15. The highest BCUT2D eigenvalue weighted by Crippen LogP contribution is 2.24. The van der Waals surface area contributed by atoms with Crippen LogP contribution in [-0.4, -0.2) is 18.8 Å². The van der Waals surface area contributed by atoms with Crippen molar-refractivity contribution >= 4 is 5.97 Å². The van der Waals surface area contributed by atoms with Gasteiger partial charge in [0, 0.05) is 0 Å². The number of halogens is 5. The van der Waals surface area contributed by atoms with Gasteiger partial charge in [0.05, 0.1) is 0 Å². The van der Waals surface area contributed by atoms with Crippen molar-refractivity contribution in [1.29, 1.82) is 0 Å². The van der Waals surface area contributed by atoms with Crippen molar-refractivity contribution in [3.63, 3.8) is 0 Å². The number of alkyl halides is 4. The summed E-state index contributed by atoms with van der Waals surface area (Å²) in [7, 11) is 0. The zero-order valence-electron chi connectivity index (χ0n) is 8.30. The largest absolute Gasteiger partial charge is 0.490 e. The normalized spacial score (nSPS) is 13.2. The lowest BCUT2D eigenvalue weighted by molar-refractivity contribution is -0.206. The lowest BCUT2D eigenvalue weighted by Crippen LogP contribution is -2.27. The van der Waals surface area contributed by atoms with Gasteiger partial charge in [-0.3, -0.25) is 0 Å². The summed E-state index contributed by atoms with van der Waals surface area (Å²) in [6, 6.07) is 3.95. The number of carbonyl (C=O) groups is 1. The van der Waals surface area contributed by atoms with Crippen LogP contribution in [0, 0.1) is 5.82 Å². The second kappa shape index (κ2) is 5.11. The predicted octanol–water partition coefficient (Wildman–Crippen LogP) is 2.94. The van der Waals surface area contributed by atoms with Crippen molar-refractivity contribution in [1.82, 2.24) is 0 Å². The molecule has 1 aromatic rings. The third kappa shape index (κ3) is 3.69. The molecule has 7 heteroatoms. The molecule has 1 rings (SSSR count). The van der Waals surface area contributed by atoms with E-state index >= 15 is 0 Å². The summed E-state index contributed by atoms with van der Waals surface area (Å²) in [5.74, 6) is -3.11. The average Bonchev–Trinajstić information content (AvgIpc) is 2.25. The van der Waals surface area contributed by atoms with Crippen molar-refractivity contribution < 1.29 is 31.5 Å². The molecular formula is C10H7F5O2. The summed E-state index contributed by atoms with van der Waals surface area (Å²) in [5, 5.41) is 0. The van der Waals surface area contributed by atoms with Crippen LogP contribution in [0.3, 0.4) is 0 Å². The molecule has 0 radical (unpaired) electrons. The quantitative estimate of drug-likeness (QED) is 0.612. The first-order valence-electron chi connectivity index (χ1n) is 4.44. The molecule has 0 fully saturated rings. The van der Waals surface area contributed by atoms with Crippen LogP contribution in [0.4, 0.5) is 22.0 Å². The number of hydrogen-bond acceptors (Lipinski definition) is 2. The van der Waals surface area contributed by atoms with E-state index in [1.54, 1.807) is 0 Å². The molecule has 0 spiro atoms. The SMILES string of the molecule is O=C(OC(CF)c1ccc(F)cc1)C(F)(F)F. The molecule has 0 aliphatic heterocycles. The van der Waals surface area contributed by atoms with E-state index in [1.165, 1.54) is 0 Å². The fourth-order valence-electron chi connectivity index (χ4n) is 1.06. The van der Waals surface area contributed by atoms with Crippen molar-refractivity contribution in [2.45, 2.75) is 12.3 Å². The van der Waals surface area contributed by atoms with Crippen LogP contribution in [0.15, 0.2) is 24.3 Å². The molecule has 94 valence electrons. The molecule has 0 bridgehead atoms. The Balaban J connectivity index is 2.79. The standard InChI is InChI=1S/C10H7F5O2/c11-5-8(17-9(16)10(13,14)15)6-1-3-7(12)4-2-6/h1-4,8H,5H2. The Morgan fingerprint density at radius 2 is 1.76 bits per heavy atom. The summed E-state index contributed by atoms with van der Waals surface area (Å²) >= 11 is 0. The third-order valence-electron chi connectivity index (χ3n) is 1.86. The fourth-order valence-corrected chi connectivity index (χ4v) is 1.06. The minimum Gasteiger partial charge on any atom is -0.448 e. The van der Waals surface area contributed by atoms with E-state index in [0.29, 0.717) is 0 Å². The highest BCUT2D eigenvalue weighted by Gasteiger charge is 2.42. The van der Waals surface area contributed by atoms with Crippen molar-refractivity contribution in [2.24, 2.45) is 0 Å². The molecular weight excluding hydrogens is 247 g/mol. The van der Waals surface area contributed by atoms with Crippen molar-refractivity contribution in [2.75, 3.05) is 6.67 Å². The summed E-state index contributed by atoms with van der Waals surface area (Å²) in [4.78, 5) is 10.5. The number of hydrogen-bond donors (Lipinski definition) is 0. The average molecular weight is 254 g/mol. The van der Waals surface area contributed by atoms with E-state index in [-0.39, 0.29) is 5.56 Å². The smallest absolute Gasteiger partial charge is 0.448 e. The maximum absolute atomic E-state index is 12.5. The van der Waals surface area contributed by atoms with Crippen LogP contribution in [0.2, 0.25) is 0 Å². The maximum atomic E-state index is 12.5. The van der Waals surface area contributed by atoms with Crippen LogP contribution >= 0.6 is 0 Å². The Labute approximate surface area is 93.0 Å². The Morgan fingerprint density at radius 3 is 2.18 bits per heavy atom. The first-order valence-corrected chi connectivity index (χ1v) is 4.44. The summed E-state index contributed by atoms with van der Waals surface area (Å²) in [5.41, 5.74) is -0.0495. The van der Waals surface area contributed by atoms with Gasteiger partial charge >= 0.3 is 12.1 Å². The molecule has 1 aromatic carbocycles. The van der Waals surface area contributed by atoms with Gasteiger partial charge in [0.25, 0.3) is 0 Å². The topological polar surface area (TPSA) is 26.3 Å². The summed E-state index contributed by atoms with van der Waals surface area (Å²) in [6.07, 6.45) is -6.88. The molecule has 0 aliphatic carbocycles. The van der Waals surface area contributed by atoms with Gasteiger partial charge in [-0.1, -0.05) is 12.1 Å². The second-order valence-corrected chi connectivity index (χ2v) is 3.10. The zero-order chi connectivity index (χ0) is 13.1. The fraction of sp³-hybridized carbons (Fsp3) is 0.300. The molecule has 0 saturated carbocycles. The van der Waals surface area contributed by atoms with E-state index in [4.69, 9.17) is 0 Å². The van der Waals surface area contributed by atoms with Crippen molar-refractivity contribution in [3.8, 4) is 0 Å². The Kier molecular flexibility index (Phi) is 4.03. The lowest BCUT2D eigenvalue weighted by atomic mass is 10.1. The number of benzene rings is 1. The molecule has 0 saturated heterocycles. The molecule has 17 heavy (non-hydrogen) atoms. The third-order valence-corrected chi connectivity index (χ3v) is 1.86. The number of esters is 1. The van der Waals surface area contributed by atoms with Gasteiger partial charge in [-0.25, -0.2) is 13.6 Å². The van der Waals surface area contributed by atoms with E-state index in [9.17, 15) is 26.7 Å². The van der Waals surface area contributed by atoms with Crippen molar-refractivity contribution in [3.05, 3.63) is 35.6 Å². The summed E-state index contributed by atoms with van der Waals surface area (Å²) in [6.45, 7) is -1.33. The molecule has 0 amide bonds. The van der Waals surface area contributed by atoms with E-state index in [1.807, 2.05) is 0 Å². The van der Waals surface area contributed by atoms with Gasteiger partial charge in [0.15, 0.2) is 6.10 Å². The van der Waals surface area contributed by atoms with Crippen LogP contribution < -0.4 is 0 Å². The molecule has 0 N–H and O–H groups in total. The Morgan fingerprint density at radius 1 is 1.24 bits per heavy atom. The second-order valence-electron chi connectivity index (χ2n) is 3.10. The van der Waals surface area contributed by atoms with Gasteiger partial charge in [-0.05, 0) is 17.7 Å². The Hall–Kier alpha value is -1.66. The number of carbonyl (C=O) groups excluding carboxylic acids is 1. The zero-order valence-corrected chi connectivity index (χ0v) is 8.30. The van der Waals surface area contributed by atoms with E-state index < -0.39 is 30.7 Å². The number of rotatable bonds is 3. The molecule has 1 atom stereocenters. The van der Waals surface area contributed by atoms with E-state index in [2.05, 4.69) is 4.74 Å². The molecule has 2 nitrogen and oxygen atoms in total. The van der Waals surface area contributed by atoms with Crippen LogP contribution in [-0.2, 0) is 9.53 Å². The molecule has 0 aliphatic rings. The molecule has 0 aromatic heterocycles. The maximum Gasteiger partial charge on any atom is 0.490 e. The van der Waals surface area contributed by atoms with Gasteiger partial charge in [-0.2, -0.15) is 13.2 Å².